The maximum Gasteiger partial charge on any atom is 0.202 e. The fourth-order valence-electron chi connectivity index (χ4n) is 10.8. The molecule has 439 valence electrons. The maximum atomic E-state index is 15.4. The zero-order chi connectivity index (χ0) is 59.1. The molecule has 4 aliphatic rings. The number of nitrogens with zero attached hydrogens (tertiary/aromatic N) is 2. The molecule has 2 aliphatic heterocycles. The van der Waals surface area contributed by atoms with Crippen molar-refractivity contribution in [3.8, 4) is 0 Å². The Morgan fingerprint density at radius 1 is 0.439 bits per heavy atom. The largest absolute Gasteiger partial charge is 0.478 e. The first-order valence-corrected chi connectivity index (χ1v) is 26.1. The van der Waals surface area contributed by atoms with Crippen molar-refractivity contribution in [2.75, 3.05) is 6.61 Å². The standard InChI is InChI=1S/C24BF20.C24H29N2OP.C8H12.Ir/c26-5-1(6(27)14(35)21(42)13(5)34)25(2-7(28)15(36)22(43)16(37)8(2)29,3-9(30)17(38)23(44)18(39)10(3)31)4-11(32)19(40)24(45)20(41)12(4)33;1-17(2)22-16-27-24(25-22)23-18-13-14-19(15-18)26(23)28(20-9-5-3-6-10-20)21-11-7-4-8-12-21;1-2-4-6-8-7-5-3-1;/h;3-12,17-19,22-23H,13-16H2,1-2H3;1-2,7-8H,3-6H2;/q-1;;;/t;18-,19+,22-,23-;;/m.1../s1. The van der Waals surface area contributed by atoms with Crippen molar-refractivity contribution in [2.45, 2.75) is 76.9 Å². The normalized spacial score (nSPS) is 19.0. The number of ether oxygens (including phenoxy) is 1. The molecule has 2 saturated carbocycles. The first-order chi connectivity index (χ1) is 38.4. The van der Waals surface area contributed by atoms with E-state index < -0.39 is 152 Å². The smallest absolute Gasteiger partial charge is 0.202 e. The van der Waals surface area contributed by atoms with E-state index in [0.717, 1.165) is 12.5 Å². The van der Waals surface area contributed by atoms with Crippen LogP contribution >= 0.6 is 8.07 Å². The van der Waals surface area contributed by atoms with E-state index in [4.69, 9.17) is 9.73 Å². The van der Waals surface area contributed by atoms with Gasteiger partial charge in [-0.1, -0.05) is 74.5 Å². The molecule has 4 atom stereocenters. The summed E-state index contributed by atoms with van der Waals surface area (Å²) in [7, 11) is -0.579. The number of hydrogen-bond donors (Lipinski definition) is 0. The van der Waals surface area contributed by atoms with Crippen molar-refractivity contribution >= 4 is 52.6 Å². The van der Waals surface area contributed by atoms with Gasteiger partial charge in [0.05, 0.1) is 12.1 Å². The Bertz CT molecular complexity index is 2920. The SMILES string of the molecule is CC(C)[C@H]1COC([C@H]2[C@@H]3CC[C@@H](C3)N2P(c2ccccc2)c2ccccc2)=N1.Fc1c(F)c(F)c([B-](c2c(F)c(F)c(F)c(F)c2F)(c2c(F)c(F)c(F)c(F)c2F)c2c(F)c(F)c(F)c(F)c2F)c(F)c1F.[CH]1[CH]CC[CH][CH]CC1.[Ir]. The summed E-state index contributed by atoms with van der Waals surface area (Å²) < 4.78 is 303. The molecule has 2 aliphatic carbocycles. The van der Waals surface area contributed by atoms with Crippen LogP contribution in [0.4, 0.5) is 87.8 Å². The number of rotatable bonds is 9. The second-order valence-corrected chi connectivity index (χ2v) is 21.6. The van der Waals surface area contributed by atoms with Crippen LogP contribution in [0.2, 0.25) is 0 Å². The van der Waals surface area contributed by atoms with Crippen LogP contribution in [0.1, 0.15) is 58.8 Å². The maximum absolute atomic E-state index is 15.4. The third kappa shape index (κ3) is 11.3. The summed E-state index contributed by atoms with van der Waals surface area (Å²) in [5.41, 5.74) is -14.3. The molecule has 5 radical (unpaired) electrons. The van der Waals surface area contributed by atoms with Crippen molar-refractivity contribution < 1.29 is 113 Å². The van der Waals surface area contributed by atoms with Crippen LogP contribution in [0.25, 0.3) is 0 Å². The molecule has 10 rings (SSSR count). The van der Waals surface area contributed by atoms with Gasteiger partial charge >= 0.3 is 0 Å². The van der Waals surface area contributed by atoms with Gasteiger partial charge in [0.2, 0.25) is 5.90 Å². The van der Waals surface area contributed by atoms with Gasteiger partial charge in [-0.05, 0) is 93.1 Å². The third-order valence-corrected chi connectivity index (χ3v) is 17.2. The number of benzene rings is 6. The molecular formula is C56H41BF20IrN2OP-. The zero-order valence-corrected chi connectivity index (χ0v) is 45.6. The Balaban J connectivity index is 0.000000220. The van der Waals surface area contributed by atoms with Gasteiger partial charge in [0, 0.05) is 34.2 Å². The first kappa shape index (κ1) is 64.1. The molecule has 6 aromatic carbocycles. The minimum absolute atomic E-state index is 0. The summed E-state index contributed by atoms with van der Waals surface area (Å²) in [6.07, 6.45) is 10.7. The number of fused-ring (bicyclic) bond motifs is 2. The molecule has 6 aromatic rings. The topological polar surface area (TPSA) is 24.8 Å². The monoisotopic (exact) mass is 1370 g/mol. The van der Waals surface area contributed by atoms with Crippen molar-refractivity contribution in [1.29, 1.82) is 0 Å². The van der Waals surface area contributed by atoms with Crippen LogP contribution in [-0.4, -0.2) is 41.4 Å². The first-order valence-electron chi connectivity index (χ1n) is 24.8. The summed E-state index contributed by atoms with van der Waals surface area (Å²) in [6, 6.07) is 23.4. The molecule has 0 unspecified atom stereocenters. The Morgan fingerprint density at radius 3 is 1.01 bits per heavy atom. The number of aliphatic imine (C=N–C) groups is 1. The van der Waals surface area contributed by atoms with Gasteiger partial charge in [-0.2, -0.15) is 0 Å². The quantitative estimate of drug-likeness (QED) is 0.0474. The van der Waals surface area contributed by atoms with E-state index in [1.54, 1.807) is 0 Å². The summed E-state index contributed by atoms with van der Waals surface area (Å²) in [5, 5.41) is 2.86. The second-order valence-electron chi connectivity index (χ2n) is 19.5. The molecule has 0 spiro atoms. The Kier molecular flexibility index (Phi) is 20.5. The minimum atomic E-state index is -7.22. The van der Waals surface area contributed by atoms with Crippen molar-refractivity contribution in [3.05, 3.63) is 203 Å². The van der Waals surface area contributed by atoms with Crippen molar-refractivity contribution in [3.63, 3.8) is 0 Å². The van der Waals surface area contributed by atoms with E-state index in [1.165, 1.54) is 55.6 Å². The zero-order valence-electron chi connectivity index (χ0n) is 42.3. The van der Waals surface area contributed by atoms with Crippen LogP contribution in [0.5, 0.6) is 0 Å². The Hall–Kier alpha value is -5.51. The fourth-order valence-corrected chi connectivity index (χ4v) is 13.6. The van der Waals surface area contributed by atoms with Crippen LogP contribution in [-0.2, 0) is 24.8 Å². The van der Waals surface area contributed by atoms with E-state index in [1.807, 2.05) is 0 Å². The molecule has 26 heteroatoms. The predicted molar refractivity (Wildman–Crippen MR) is 263 cm³/mol. The van der Waals surface area contributed by atoms with Crippen LogP contribution in [0, 0.1) is 154 Å². The van der Waals surface area contributed by atoms with Gasteiger partial charge in [0.1, 0.15) is 59.3 Å². The molecule has 0 amide bonds. The third-order valence-electron chi connectivity index (χ3n) is 14.5. The minimum Gasteiger partial charge on any atom is -0.478 e. The number of piperidine rings is 1. The van der Waals surface area contributed by atoms with E-state index in [-0.39, 0.29) is 20.1 Å². The summed E-state index contributed by atoms with van der Waals surface area (Å²) in [4.78, 5) is 5.07. The molecule has 1 saturated heterocycles. The van der Waals surface area contributed by atoms with E-state index in [9.17, 15) is 52.7 Å². The number of hydrogen-bond acceptors (Lipinski definition) is 3. The van der Waals surface area contributed by atoms with Crippen molar-refractivity contribution in [1.82, 2.24) is 4.67 Å². The Labute approximate surface area is 471 Å². The van der Waals surface area contributed by atoms with Gasteiger partial charge in [0.25, 0.3) is 0 Å². The molecule has 0 N–H and O–H groups in total. The van der Waals surface area contributed by atoms with Gasteiger partial charge in [-0.3, -0.25) is 4.67 Å². The van der Waals surface area contributed by atoms with Gasteiger partial charge < -0.3 is 4.74 Å². The van der Waals surface area contributed by atoms with Crippen LogP contribution in [0.15, 0.2) is 65.7 Å². The van der Waals surface area contributed by atoms with E-state index in [0.29, 0.717) is 30.0 Å². The number of halogens is 20. The summed E-state index contributed by atoms with van der Waals surface area (Å²) in [5.74, 6) is -69.2. The van der Waals surface area contributed by atoms with Crippen molar-refractivity contribution in [2.24, 2.45) is 16.8 Å². The molecule has 3 nitrogen and oxygen atoms in total. The van der Waals surface area contributed by atoms with Crippen LogP contribution < -0.4 is 32.5 Å². The molecule has 2 bridgehead atoms. The second kappa shape index (κ2) is 26.2. The van der Waals surface area contributed by atoms with E-state index >= 15 is 35.1 Å². The fraction of sp³-hybridized carbons (Fsp3) is 0.268. The average molecular weight is 1370 g/mol. The molecule has 3 fully saturated rings. The molecular weight excluding hydrogens is 1330 g/mol. The summed E-state index contributed by atoms with van der Waals surface area (Å²) in [6.45, 7) is 5.25. The van der Waals surface area contributed by atoms with Gasteiger partial charge in [0.15, 0.2) is 69.8 Å². The molecule has 0 aromatic heterocycles. The van der Waals surface area contributed by atoms with Crippen LogP contribution in [0.3, 0.4) is 0 Å². The predicted octanol–water partition coefficient (Wildman–Crippen LogP) is 12.6. The van der Waals surface area contributed by atoms with Gasteiger partial charge in [-0.25, -0.2) is 92.8 Å². The average Bonchev–Trinajstić information content (AvgIpc) is 1.98. The van der Waals surface area contributed by atoms with Gasteiger partial charge in [-0.15, -0.1) is 21.9 Å². The van der Waals surface area contributed by atoms with E-state index in [2.05, 4.69) is 105 Å². The summed E-state index contributed by atoms with van der Waals surface area (Å²) >= 11 is 0. The molecule has 82 heavy (non-hydrogen) atoms. The Morgan fingerprint density at radius 2 is 0.732 bits per heavy atom. The molecule has 2 heterocycles.